The van der Waals surface area contributed by atoms with Crippen molar-refractivity contribution in [3.63, 3.8) is 0 Å². The summed E-state index contributed by atoms with van der Waals surface area (Å²) in [6.07, 6.45) is 1.73. The lowest BCUT2D eigenvalue weighted by molar-refractivity contribution is 0.123. The third-order valence-electron chi connectivity index (χ3n) is 3.29. The second-order valence-electron chi connectivity index (χ2n) is 4.69. The Morgan fingerprint density at radius 1 is 1.38 bits per heavy atom. The van der Waals surface area contributed by atoms with Gasteiger partial charge in [0.15, 0.2) is 4.47 Å². The molecule has 2 heterocycles. The van der Waals surface area contributed by atoms with Gasteiger partial charge in [-0.3, -0.25) is 0 Å². The standard InChI is InChI=1S/C14H15ClFN3OS/c15-14-18-9-11(21-14)8-17-12-7-10(16)1-2-13(12)19-3-5-20-6-4-19/h1-2,7,9,17H,3-6,8H2. The molecule has 1 aromatic heterocycles. The van der Waals surface area contributed by atoms with E-state index in [1.54, 1.807) is 6.20 Å². The van der Waals surface area contributed by atoms with Crippen molar-refractivity contribution in [2.24, 2.45) is 0 Å². The van der Waals surface area contributed by atoms with Crippen molar-refractivity contribution < 1.29 is 9.13 Å². The molecule has 1 N–H and O–H groups in total. The summed E-state index contributed by atoms with van der Waals surface area (Å²) < 4.78 is 19.4. The molecule has 1 aliphatic heterocycles. The van der Waals surface area contributed by atoms with Crippen molar-refractivity contribution in [3.05, 3.63) is 39.6 Å². The van der Waals surface area contributed by atoms with Crippen LogP contribution in [0.25, 0.3) is 0 Å². The third-order valence-corrected chi connectivity index (χ3v) is 4.40. The number of halogens is 2. The van der Waals surface area contributed by atoms with Crippen LogP contribution in [-0.2, 0) is 11.3 Å². The molecule has 21 heavy (non-hydrogen) atoms. The Morgan fingerprint density at radius 2 is 2.19 bits per heavy atom. The van der Waals surface area contributed by atoms with Crippen molar-refractivity contribution in [1.29, 1.82) is 0 Å². The Balaban J connectivity index is 1.77. The van der Waals surface area contributed by atoms with Crippen molar-refractivity contribution in [2.75, 3.05) is 36.5 Å². The topological polar surface area (TPSA) is 37.4 Å². The van der Waals surface area contributed by atoms with Crippen LogP contribution in [0.5, 0.6) is 0 Å². The molecule has 0 atom stereocenters. The van der Waals surface area contributed by atoms with Crippen LogP contribution in [0.4, 0.5) is 15.8 Å². The van der Waals surface area contributed by atoms with E-state index in [1.807, 2.05) is 6.07 Å². The first-order valence-corrected chi connectivity index (χ1v) is 7.88. The maximum atomic E-state index is 13.5. The second-order valence-corrected chi connectivity index (χ2v) is 6.39. The molecule has 0 aliphatic carbocycles. The Hall–Kier alpha value is -1.37. The molecule has 1 aromatic carbocycles. The molecule has 0 bridgehead atoms. The number of aromatic nitrogens is 1. The molecule has 7 heteroatoms. The highest BCUT2D eigenvalue weighted by atomic mass is 35.5. The number of anilines is 2. The van der Waals surface area contributed by atoms with Crippen molar-refractivity contribution >= 4 is 34.3 Å². The molecule has 0 unspecified atom stereocenters. The number of rotatable bonds is 4. The number of morpholine rings is 1. The van der Waals surface area contributed by atoms with E-state index in [9.17, 15) is 4.39 Å². The highest BCUT2D eigenvalue weighted by Gasteiger charge is 2.15. The van der Waals surface area contributed by atoms with E-state index < -0.39 is 0 Å². The number of hydrogen-bond acceptors (Lipinski definition) is 5. The smallest absolute Gasteiger partial charge is 0.183 e. The molecule has 1 aliphatic rings. The lowest BCUT2D eigenvalue weighted by Gasteiger charge is -2.30. The van der Waals surface area contributed by atoms with E-state index in [-0.39, 0.29) is 5.82 Å². The first-order valence-electron chi connectivity index (χ1n) is 6.69. The molecule has 3 rings (SSSR count). The highest BCUT2D eigenvalue weighted by Crippen LogP contribution is 2.29. The number of ether oxygens (including phenoxy) is 1. The number of thiazole rings is 1. The Bertz CT molecular complexity index is 616. The molecule has 0 spiro atoms. The summed E-state index contributed by atoms with van der Waals surface area (Å²) in [7, 11) is 0. The van der Waals surface area contributed by atoms with Crippen LogP contribution < -0.4 is 10.2 Å². The summed E-state index contributed by atoms with van der Waals surface area (Å²) in [5.74, 6) is -0.253. The van der Waals surface area contributed by atoms with E-state index in [2.05, 4.69) is 15.2 Å². The zero-order chi connectivity index (χ0) is 14.7. The second kappa shape index (κ2) is 6.60. The van der Waals surface area contributed by atoms with Crippen molar-refractivity contribution in [1.82, 2.24) is 4.98 Å². The van der Waals surface area contributed by atoms with Gasteiger partial charge >= 0.3 is 0 Å². The maximum absolute atomic E-state index is 13.5. The van der Waals surface area contributed by atoms with Gasteiger partial charge in [0.2, 0.25) is 0 Å². The van der Waals surface area contributed by atoms with Gasteiger partial charge in [0.05, 0.1) is 31.1 Å². The fourth-order valence-corrected chi connectivity index (χ4v) is 3.20. The van der Waals surface area contributed by atoms with Gasteiger partial charge in [0, 0.05) is 24.2 Å². The van der Waals surface area contributed by atoms with Gasteiger partial charge in [-0.25, -0.2) is 9.37 Å². The summed E-state index contributed by atoms with van der Waals surface area (Å²) in [5.41, 5.74) is 1.77. The van der Waals surface area contributed by atoms with Crippen LogP contribution in [0.1, 0.15) is 4.88 Å². The van der Waals surface area contributed by atoms with E-state index in [4.69, 9.17) is 16.3 Å². The summed E-state index contributed by atoms with van der Waals surface area (Å²) in [6, 6.07) is 4.82. The third kappa shape index (κ3) is 3.64. The summed E-state index contributed by atoms with van der Waals surface area (Å²) in [5, 5.41) is 3.27. The molecular weight excluding hydrogens is 313 g/mol. The molecule has 2 aromatic rings. The van der Waals surface area contributed by atoms with Gasteiger partial charge in [-0.05, 0) is 18.2 Å². The summed E-state index contributed by atoms with van der Waals surface area (Å²) >= 11 is 7.23. The lowest BCUT2D eigenvalue weighted by atomic mass is 10.2. The van der Waals surface area contributed by atoms with Crippen LogP contribution in [0, 0.1) is 5.82 Å². The van der Waals surface area contributed by atoms with E-state index >= 15 is 0 Å². The van der Waals surface area contributed by atoms with Crippen LogP contribution >= 0.6 is 22.9 Å². The highest BCUT2D eigenvalue weighted by molar-refractivity contribution is 7.15. The monoisotopic (exact) mass is 327 g/mol. The number of hydrogen-bond donors (Lipinski definition) is 1. The Morgan fingerprint density at radius 3 is 2.90 bits per heavy atom. The molecule has 4 nitrogen and oxygen atoms in total. The molecule has 1 fully saturated rings. The molecular formula is C14H15ClFN3OS. The molecule has 0 radical (unpaired) electrons. The van der Waals surface area contributed by atoms with Gasteiger partial charge in [-0.1, -0.05) is 11.6 Å². The van der Waals surface area contributed by atoms with Crippen LogP contribution in [0.15, 0.2) is 24.4 Å². The predicted molar refractivity (Wildman–Crippen MR) is 83.9 cm³/mol. The fraction of sp³-hybridized carbons (Fsp3) is 0.357. The first kappa shape index (κ1) is 14.6. The van der Waals surface area contributed by atoms with Gasteiger partial charge in [0.1, 0.15) is 5.82 Å². The molecule has 112 valence electrons. The molecule has 0 saturated carbocycles. The molecule has 0 amide bonds. The molecule has 1 saturated heterocycles. The normalized spacial score (nSPS) is 15.2. The average molecular weight is 328 g/mol. The van der Waals surface area contributed by atoms with Gasteiger partial charge in [-0.15, -0.1) is 11.3 Å². The van der Waals surface area contributed by atoms with Crippen LogP contribution in [0.2, 0.25) is 4.47 Å². The Kier molecular flexibility index (Phi) is 4.57. The van der Waals surface area contributed by atoms with Gasteiger partial charge in [0.25, 0.3) is 0 Å². The van der Waals surface area contributed by atoms with E-state index in [0.717, 1.165) is 29.3 Å². The minimum atomic E-state index is -0.253. The zero-order valence-corrected chi connectivity index (χ0v) is 12.9. The van der Waals surface area contributed by atoms with Crippen LogP contribution in [-0.4, -0.2) is 31.3 Å². The van der Waals surface area contributed by atoms with E-state index in [1.165, 1.54) is 23.5 Å². The Labute approximate surface area is 131 Å². The van der Waals surface area contributed by atoms with E-state index in [0.29, 0.717) is 24.2 Å². The fourth-order valence-electron chi connectivity index (χ4n) is 2.28. The van der Waals surface area contributed by atoms with Gasteiger partial charge < -0.3 is 15.0 Å². The SMILES string of the molecule is Fc1ccc(N2CCOCC2)c(NCc2cnc(Cl)s2)c1. The number of nitrogens with zero attached hydrogens (tertiary/aromatic N) is 2. The number of nitrogens with one attached hydrogen (secondary N) is 1. The lowest BCUT2D eigenvalue weighted by Crippen LogP contribution is -2.36. The van der Waals surface area contributed by atoms with Crippen LogP contribution in [0.3, 0.4) is 0 Å². The first-order chi connectivity index (χ1) is 10.2. The zero-order valence-electron chi connectivity index (χ0n) is 11.3. The quantitative estimate of drug-likeness (QED) is 0.934. The minimum absolute atomic E-state index is 0.253. The predicted octanol–water partition coefficient (Wildman–Crippen LogP) is 3.38. The average Bonchev–Trinajstić information content (AvgIpc) is 2.92. The summed E-state index contributed by atoms with van der Waals surface area (Å²) in [4.78, 5) is 7.21. The largest absolute Gasteiger partial charge is 0.378 e. The number of benzene rings is 1. The maximum Gasteiger partial charge on any atom is 0.183 e. The van der Waals surface area contributed by atoms with Crippen molar-refractivity contribution in [2.45, 2.75) is 6.54 Å². The van der Waals surface area contributed by atoms with Crippen molar-refractivity contribution in [3.8, 4) is 0 Å². The van der Waals surface area contributed by atoms with Gasteiger partial charge in [-0.2, -0.15) is 0 Å². The minimum Gasteiger partial charge on any atom is -0.378 e. The summed E-state index contributed by atoms with van der Waals surface area (Å²) in [6.45, 7) is 3.59.